The lowest BCUT2D eigenvalue weighted by Crippen LogP contribution is -2.46. The van der Waals surface area contributed by atoms with Crippen LogP contribution in [-0.4, -0.2) is 68.5 Å². The number of quaternary nitrogens is 1. The lowest BCUT2D eigenvalue weighted by Gasteiger charge is -2.30. The molecule has 396 valence electrons. The molecule has 0 aromatic carbocycles. The molecule has 8 nitrogen and oxygen atoms in total. The zero-order chi connectivity index (χ0) is 48.5. The Kier molecular flexibility index (Phi) is 49.1. The van der Waals surface area contributed by atoms with Gasteiger partial charge in [0.1, 0.15) is 13.2 Å². The van der Waals surface area contributed by atoms with Crippen molar-refractivity contribution in [2.45, 2.75) is 321 Å². The molecule has 0 saturated heterocycles. The first-order chi connectivity index (χ1) is 32.0. The number of likely N-dealkylation sites (N-methyl/N-ethyl adjacent to an activating group) is 1. The Hall–Kier alpha value is -0.500. The Labute approximate surface area is 412 Å². The number of nitrogens with one attached hydrogen (secondary N) is 1. The summed E-state index contributed by atoms with van der Waals surface area (Å²) >= 11 is 0. The van der Waals surface area contributed by atoms with Gasteiger partial charge >= 0.3 is 0 Å². The largest absolute Gasteiger partial charge is 0.756 e. The van der Waals surface area contributed by atoms with Crippen molar-refractivity contribution in [3.63, 3.8) is 0 Å². The molecule has 3 unspecified atom stereocenters. The number of amides is 1. The van der Waals surface area contributed by atoms with Crippen LogP contribution in [0.3, 0.4) is 0 Å². The molecule has 3 atom stereocenters. The minimum atomic E-state index is -4.56. The normalized spacial score (nSPS) is 13.9. The van der Waals surface area contributed by atoms with Gasteiger partial charge < -0.3 is 28.8 Å². The third-order valence-electron chi connectivity index (χ3n) is 13.8. The summed E-state index contributed by atoms with van der Waals surface area (Å²) in [6.07, 6.45) is 58.7. The van der Waals surface area contributed by atoms with Crippen molar-refractivity contribution in [1.82, 2.24) is 5.32 Å². The van der Waals surface area contributed by atoms with E-state index >= 15 is 0 Å². The molecule has 0 fully saturated rings. The van der Waals surface area contributed by atoms with Crippen molar-refractivity contribution in [3.8, 4) is 0 Å². The monoisotopic (exact) mass is 957 g/mol. The summed E-state index contributed by atoms with van der Waals surface area (Å²) in [6, 6.07) is -0.794. The van der Waals surface area contributed by atoms with E-state index in [1.807, 2.05) is 21.1 Å². The van der Waals surface area contributed by atoms with E-state index < -0.39 is 20.0 Å². The Balaban J connectivity index is 3.94. The highest BCUT2D eigenvalue weighted by Crippen LogP contribution is 2.38. The van der Waals surface area contributed by atoms with Crippen molar-refractivity contribution >= 4 is 13.7 Å². The molecule has 0 aliphatic heterocycles. The fourth-order valence-corrected chi connectivity index (χ4v) is 9.94. The third-order valence-corrected chi connectivity index (χ3v) is 14.8. The molecule has 2 N–H and O–H groups in total. The summed E-state index contributed by atoms with van der Waals surface area (Å²) in [6.45, 7) is 4.76. The maximum Gasteiger partial charge on any atom is 0.268 e. The topological polar surface area (TPSA) is 108 Å². The van der Waals surface area contributed by atoms with E-state index in [2.05, 4.69) is 19.2 Å². The molecule has 66 heavy (non-hydrogen) atoms. The van der Waals surface area contributed by atoms with Gasteiger partial charge in [0.15, 0.2) is 0 Å². The summed E-state index contributed by atoms with van der Waals surface area (Å²) in [4.78, 5) is 25.4. The minimum absolute atomic E-state index is 0.0164. The van der Waals surface area contributed by atoms with Gasteiger partial charge in [0.05, 0.1) is 39.9 Å². The molecular formula is C57H117N2O6P. The van der Waals surface area contributed by atoms with Crippen molar-refractivity contribution in [1.29, 1.82) is 0 Å². The highest BCUT2D eigenvalue weighted by atomic mass is 31.2. The van der Waals surface area contributed by atoms with Gasteiger partial charge in [-0.2, -0.15) is 0 Å². The number of unbranched alkanes of at least 4 members (excludes halogenated alkanes) is 42. The average Bonchev–Trinajstić information content (AvgIpc) is 3.28. The first kappa shape index (κ1) is 65.5. The number of hydrogen-bond donors (Lipinski definition) is 2. The van der Waals surface area contributed by atoms with E-state index in [1.54, 1.807) is 0 Å². The quantitative estimate of drug-likeness (QED) is 0.0357. The van der Waals surface area contributed by atoms with Crippen molar-refractivity contribution in [2.75, 3.05) is 40.9 Å². The van der Waals surface area contributed by atoms with Gasteiger partial charge in [0.2, 0.25) is 5.91 Å². The molecule has 0 aliphatic carbocycles. The fourth-order valence-electron chi connectivity index (χ4n) is 9.22. The third kappa shape index (κ3) is 51.4. The van der Waals surface area contributed by atoms with E-state index in [0.717, 1.165) is 38.5 Å². The van der Waals surface area contributed by atoms with Crippen molar-refractivity contribution < 1.29 is 32.9 Å². The van der Waals surface area contributed by atoms with Crippen LogP contribution in [0.5, 0.6) is 0 Å². The number of phosphoric ester groups is 1. The molecule has 0 saturated carbocycles. The van der Waals surface area contributed by atoms with Crippen LogP contribution in [0.15, 0.2) is 0 Å². The molecule has 1 amide bonds. The van der Waals surface area contributed by atoms with Gasteiger partial charge in [-0.05, 0) is 12.8 Å². The maximum atomic E-state index is 12.9. The highest BCUT2D eigenvalue weighted by Gasteiger charge is 2.24. The lowest BCUT2D eigenvalue weighted by molar-refractivity contribution is -0.870. The molecule has 0 radical (unpaired) electrons. The van der Waals surface area contributed by atoms with E-state index in [-0.39, 0.29) is 19.1 Å². The molecule has 0 rings (SSSR count). The predicted molar refractivity (Wildman–Crippen MR) is 284 cm³/mol. The summed E-state index contributed by atoms with van der Waals surface area (Å²) in [5, 5.41) is 14.0. The van der Waals surface area contributed by atoms with E-state index in [1.165, 1.54) is 244 Å². The zero-order valence-corrected chi connectivity index (χ0v) is 46.1. The Morgan fingerprint density at radius 3 is 1.03 bits per heavy atom. The number of rotatable bonds is 55. The Bertz CT molecular complexity index is 1040. The van der Waals surface area contributed by atoms with E-state index in [4.69, 9.17) is 9.05 Å². The molecule has 0 aliphatic rings. The maximum absolute atomic E-state index is 12.9. The van der Waals surface area contributed by atoms with Gasteiger partial charge in [-0.3, -0.25) is 9.36 Å². The summed E-state index contributed by atoms with van der Waals surface area (Å²) in [5.41, 5.74) is 0. The summed E-state index contributed by atoms with van der Waals surface area (Å²) < 4.78 is 23.4. The number of carbonyl (C=O) groups is 1. The molecule has 9 heteroatoms. The molecule has 0 spiro atoms. The minimum Gasteiger partial charge on any atom is -0.756 e. The van der Waals surface area contributed by atoms with E-state index in [0.29, 0.717) is 23.9 Å². The second-order valence-corrected chi connectivity index (χ2v) is 23.1. The summed E-state index contributed by atoms with van der Waals surface area (Å²) in [7, 11) is 1.32. The van der Waals surface area contributed by atoms with Crippen molar-refractivity contribution in [3.05, 3.63) is 0 Å². The van der Waals surface area contributed by atoms with Crippen LogP contribution in [0.4, 0.5) is 0 Å². The molecule has 0 heterocycles. The van der Waals surface area contributed by atoms with Crippen LogP contribution < -0.4 is 10.2 Å². The zero-order valence-electron chi connectivity index (χ0n) is 45.2. The van der Waals surface area contributed by atoms with Gasteiger partial charge in [-0.1, -0.05) is 290 Å². The predicted octanol–water partition coefficient (Wildman–Crippen LogP) is 17.0. The second-order valence-electron chi connectivity index (χ2n) is 21.7. The number of phosphoric acid groups is 1. The van der Waals surface area contributed by atoms with E-state index in [9.17, 15) is 19.4 Å². The van der Waals surface area contributed by atoms with Crippen LogP contribution in [0.2, 0.25) is 0 Å². The van der Waals surface area contributed by atoms with Crippen LogP contribution >= 0.6 is 7.82 Å². The number of aliphatic hydroxyl groups excluding tert-OH is 1. The van der Waals surface area contributed by atoms with Crippen LogP contribution in [0.1, 0.15) is 309 Å². The van der Waals surface area contributed by atoms with Gasteiger partial charge in [0, 0.05) is 6.42 Å². The Morgan fingerprint density at radius 2 is 0.742 bits per heavy atom. The smallest absolute Gasteiger partial charge is 0.268 e. The second kappa shape index (κ2) is 49.5. The van der Waals surface area contributed by atoms with Crippen LogP contribution in [0.25, 0.3) is 0 Å². The molecular weight excluding hydrogens is 840 g/mol. The standard InChI is InChI=1S/C57H117N2O6P/c1-6-8-10-12-14-16-18-20-21-22-23-24-25-26-27-28-29-30-31-32-33-34-35-36-37-38-39-40-42-44-46-48-50-56(60)55(54-65-66(62,63)64-53-52-59(3,4)5)58-57(61)51-49-47-45-43-41-19-17-15-13-11-9-7-2/h55-56,60H,6-54H2,1-5H3,(H-,58,61,62,63). The average molecular weight is 958 g/mol. The summed E-state index contributed by atoms with van der Waals surface area (Å²) in [5.74, 6) is -0.160. The molecule has 0 aromatic heterocycles. The van der Waals surface area contributed by atoms with Crippen LogP contribution in [0, 0.1) is 0 Å². The van der Waals surface area contributed by atoms with Crippen LogP contribution in [-0.2, 0) is 18.4 Å². The first-order valence-corrected chi connectivity index (χ1v) is 30.8. The Morgan fingerprint density at radius 1 is 0.470 bits per heavy atom. The van der Waals surface area contributed by atoms with Crippen molar-refractivity contribution in [2.24, 2.45) is 0 Å². The molecule has 0 aromatic rings. The van der Waals surface area contributed by atoms with Gasteiger partial charge in [-0.25, -0.2) is 0 Å². The number of nitrogens with zero attached hydrogens (tertiary/aromatic N) is 1. The number of hydrogen-bond acceptors (Lipinski definition) is 6. The number of carbonyl (C=O) groups excluding carboxylic acids is 1. The lowest BCUT2D eigenvalue weighted by atomic mass is 10.0. The molecule has 0 bridgehead atoms. The fraction of sp³-hybridized carbons (Fsp3) is 0.982. The number of aliphatic hydroxyl groups is 1. The SMILES string of the molecule is CCCCCCCCCCCCCCCCCCCCCCCCCCCCCCCCCCC(O)C(COP(=O)([O-])OCC[N+](C)(C)C)NC(=O)CCCCCCCCCCCCCC. The van der Waals surface area contributed by atoms with Gasteiger partial charge in [-0.15, -0.1) is 0 Å². The first-order valence-electron chi connectivity index (χ1n) is 29.4. The van der Waals surface area contributed by atoms with Gasteiger partial charge in [0.25, 0.3) is 7.82 Å². The highest BCUT2D eigenvalue weighted by molar-refractivity contribution is 7.45.